The first-order valence-corrected chi connectivity index (χ1v) is 14.0. The van der Waals surface area contributed by atoms with Crippen molar-refractivity contribution < 1.29 is 14.3 Å². The predicted octanol–water partition coefficient (Wildman–Crippen LogP) is 4.87. The van der Waals surface area contributed by atoms with Crippen LogP contribution in [0.3, 0.4) is 0 Å². The maximum atomic E-state index is 13.5. The van der Waals surface area contributed by atoms with E-state index in [1.165, 1.54) is 11.8 Å². The molecule has 0 spiro atoms. The minimum absolute atomic E-state index is 0.106. The summed E-state index contributed by atoms with van der Waals surface area (Å²) in [7, 11) is 0. The molecule has 35 heavy (non-hydrogen) atoms. The van der Waals surface area contributed by atoms with E-state index in [2.05, 4.69) is 22.8 Å². The van der Waals surface area contributed by atoms with E-state index < -0.39 is 10.8 Å². The number of carbonyl (C=O) groups excluding carboxylic acids is 2. The lowest BCUT2D eigenvalue weighted by atomic mass is 9.76. The highest BCUT2D eigenvalue weighted by atomic mass is 35.5. The lowest BCUT2D eigenvalue weighted by Gasteiger charge is -2.40. The number of Topliss-reactive ketones (excluding diaryl/α,β-unsaturated/α-hetero) is 1. The van der Waals surface area contributed by atoms with Crippen molar-refractivity contribution in [3.63, 3.8) is 0 Å². The molecule has 8 heteroatoms. The van der Waals surface area contributed by atoms with Gasteiger partial charge in [-0.05, 0) is 58.5 Å². The molecule has 4 heterocycles. The van der Waals surface area contributed by atoms with Gasteiger partial charge in [-0.3, -0.25) is 9.59 Å². The summed E-state index contributed by atoms with van der Waals surface area (Å²) in [6, 6.07) is 17.6. The fourth-order valence-electron chi connectivity index (χ4n) is 5.54. The van der Waals surface area contributed by atoms with Crippen molar-refractivity contribution in [3.8, 4) is 0 Å². The molecule has 6 rings (SSSR count). The third kappa shape index (κ3) is 4.03. The lowest BCUT2D eigenvalue weighted by Crippen LogP contribution is -2.58. The number of fused-ring (bicyclic) bond motifs is 2. The van der Waals surface area contributed by atoms with Crippen molar-refractivity contribution in [3.05, 3.63) is 87.1 Å². The van der Waals surface area contributed by atoms with E-state index in [4.69, 9.17) is 16.3 Å². The van der Waals surface area contributed by atoms with Gasteiger partial charge >= 0.3 is 0 Å². The monoisotopic (exact) mass is 524 g/mol. The third-order valence-electron chi connectivity index (χ3n) is 7.35. The molecule has 0 saturated carbocycles. The molecule has 1 aromatic heterocycles. The summed E-state index contributed by atoms with van der Waals surface area (Å²) >= 11 is 9.07. The van der Waals surface area contributed by atoms with Crippen molar-refractivity contribution in [2.45, 2.75) is 46.7 Å². The molecule has 4 unspecified atom stereocenters. The van der Waals surface area contributed by atoms with Gasteiger partial charge in [0.15, 0.2) is 5.78 Å². The first-order chi connectivity index (χ1) is 17.0. The van der Waals surface area contributed by atoms with E-state index in [1.54, 1.807) is 17.4 Å². The van der Waals surface area contributed by atoms with Gasteiger partial charge in [0.25, 0.3) is 0 Å². The van der Waals surface area contributed by atoms with E-state index in [1.807, 2.05) is 47.2 Å². The van der Waals surface area contributed by atoms with Crippen molar-refractivity contribution >= 4 is 46.4 Å². The Morgan fingerprint density at radius 3 is 2.57 bits per heavy atom. The lowest BCUT2D eigenvalue weighted by molar-refractivity contribution is -0.132. The number of amides is 1. The Balaban J connectivity index is 1.32. The summed E-state index contributed by atoms with van der Waals surface area (Å²) in [6.45, 7) is 1.71. The number of benzene rings is 2. The third-order valence-corrected chi connectivity index (χ3v) is 9.80. The van der Waals surface area contributed by atoms with E-state index in [-0.39, 0.29) is 29.8 Å². The molecule has 1 amide bonds. The van der Waals surface area contributed by atoms with Gasteiger partial charge in [0, 0.05) is 24.4 Å². The molecule has 3 aromatic rings. The number of morpholine rings is 1. The number of rotatable bonds is 5. The summed E-state index contributed by atoms with van der Waals surface area (Å²) in [4.78, 5) is 27.6. The van der Waals surface area contributed by atoms with Gasteiger partial charge in [-0.15, -0.1) is 11.8 Å². The number of ketones is 1. The van der Waals surface area contributed by atoms with Gasteiger partial charge in [0.1, 0.15) is 10.9 Å². The number of hydrogen-bond donors (Lipinski definition) is 2. The molecule has 0 radical (unpaired) electrons. The molecule has 180 valence electrons. The molecular formula is C27H25ClN2O3S2. The number of carbonyl (C=O) groups is 2. The molecule has 2 N–H and O–H groups in total. The average Bonchev–Trinajstić information content (AvgIpc) is 3.51. The SMILES string of the molecule is O=C1CC(c2ccc(C34CCC(CNC3)O4)cc2)(c2ccsc2)NC(=O)C1Sc1ccccc1Cl. The van der Waals surface area contributed by atoms with Crippen LogP contribution in [0, 0.1) is 0 Å². The van der Waals surface area contributed by atoms with Crippen molar-refractivity contribution in [1.82, 2.24) is 10.6 Å². The molecule has 2 aromatic carbocycles. The van der Waals surface area contributed by atoms with Crippen LogP contribution in [0.2, 0.25) is 5.02 Å². The van der Waals surface area contributed by atoms with Crippen LogP contribution in [0.1, 0.15) is 36.0 Å². The highest BCUT2D eigenvalue weighted by Gasteiger charge is 2.48. The minimum Gasteiger partial charge on any atom is -0.364 e. The number of halogens is 1. The molecule has 4 atom stereocenters. The zero-order valence-corrected chi connectivity index (χ0v) is 21.3. The maximum Gasteiger partial charge on any atom is 0.242 e. The van der Waals surface area contributed by atoms with Crippen LogP contribution < -0.4 is 10.6 Å². The molecule has 3 fully saturated rings. The van der Waals surface area contributed by atoms with Crippen LogP contribution in [0.4, 0.5) is 0 Å². The van der Waals surface area contributed by atoms with Gasteiger partial charge in [-0.25, -0.2) is 0 Å². The van der Waals surface area contributed by atoms with Gasteiger partial charge in [0.2, 0.25) is 5.91 Å². The quantitative estimate of drug-likeness (QED) is 0.466. The number of thioether (sulfide) groups is 1. The van der Waals surface area contributed by atoms with Crippen molar-refractivity contribution in [1.29, 1.82) is 0 Å². The second kappa shape index (κ2) is 9.05. The summed E-state index contributed by atoms with van der Waals surface area (Å²) in [5.41, 5.74) is 1.77. The highest BCUT2D eigenvalue weighted by Crippen LogP contribution is 2.44. The topological polar surface area (TPSA) is 67.4 Å². The predicted molar refractivity (Wildman–Crippen MR) is 139 cm³/mol. The van der Waals surface area contributed by atoms with Gasteiger partial charge in [0.05, 0.1) is 16.7 Å². The van der Waals surface area contributed by atoms with Gasteiger partial charge < -0.3 is 15.4 Å². The van der Waals surface area contributed by atoms with Gasteiger partial charge in [-0.2, -0.15) is 11.3 Å². The number of thiophene rings is 1. The number of nitrogens with one attached hydrogen (secondary N) is 2. The van der Waals surface area contributed by atoms with Crippen LogP contribution in [0.5, 0.6) is 0 Å². The van der Waals surface area contributed by atoms with Crippen molar-refractivity contribution in [2.75, 3.05) is 13.1 Å². The fraction of sp³-hybridized carbons (Fsp3) is 0.333. The van der Waals surface area contributed by atoms with Crippen molar-refractivity contribution in [2.24, 2.45) is 0 Å². The number of hydrogen-bond acceptors (Lipinski definition) is 6. The molecular weight excluding hydrogens is 500 g/mol. The Bertz CT molecular complexity index is 1240. The molecule has 3 aliphatic rings. The van der Waals surface area contributed by atoms with E-state index in [0.29, 0.717) is 5.02 Å². The largest absolute Gasteiger partial charge is 0.364 e. The zero-order chi connectivity index (χ0) is 24.0. The first kappa shape index (κ1) is 23.3. The Kier molecular flexibility index (Phi) is 6.01. The normalized spacial score (nSPS) is 30.3. The van der Waals surface area contributed by atoms with E-state index in [9.17, 15) is 9.59 Å². The smallest absolute Gasteiger partial charge is 0.242 e. The Morgan fingerprint density at radius 2 is 1.83 bits per heavy atom. The Hall–Kier alpha value is -2.16. The van der Waals surface area contributed by atoms with Crippen LogP contribution in [0.25, 0.3) is 0 Å². The summed E-state index contributed by atoms with van der Waals surface area (Å²) in [5.74, 6) is -0.399. The second-order valence-corrected chi connectivity index (χ2v) is 11.8. The standard InChI is InChI=1S/C27H25ClN2O3S2/c28-21-3-1-2-4-23(21)35-24-22(31)13-27(30-25(24)32,19-10-12-34-15-19)18-7-5-17(6-8-18)26-11-9-20(33-26)14-29-16-26/h1-8,10,12,15,20,24,29H,9,11,13-14,16H2,(H,30,32). The summed E-state index contributed by atoms with van der Waals surface area (Å²) in [5, 5.41) is 10.4. The van der Waals surface area contributed by atoms with Gasteiger partial charge in [-0.1, -0.05) is 48.0 Å². The second-order valence-electron chi connectivity index (χ2n) is 9.46. The maximum absolute atomic E-state index is 13.5. The number of piperidine rings is 1. The van der Waals surface area contributed by atoms with Crippen LogP contribution in [0.15, 0.2) is 70.3 Å². The first-order valence-electron chi connectivity index (χ1n) is 11.8. The molecule has 5 nitrogen and oxygen atoms in total. The Labute approximate surface area is 217 Å². The molecule has 3 aliphatic heterocycles. The summed E-state index contributed by atoms with van der Waals surface area (Å²) in [6.07, 6.45) is 2.50. The molecule has 2 bridgehead atoms. The van der Waals surface area contributed by atoms with Crippen LogP contribution in [-0.4, -0.2) is 36.1 Å². The Morgan fingerprint density at radius 1 is 1.03 bits per heavy atom. The summed E-state index contributed by atoms with van der Waals surface area (Å²) < 4.78 is 6.37. The van der Waals surface area contributed by atoms with Crippen LogP contribution >= 0.6 is 34.7 Å². The highest BCUT2D eigenvalue weighted by molar-refractivity contribution is 8.01. The number of ether oxygens (including phenoxy) is 1. The molecule has 0 aliphatic carbocycles. The minimum atomic E-state index is -0.897. The van der Waals surface area contributed by atoms with Crippen LogP contribution in [-0.2, 0) is 25.5 Å². The zero-order valence-electron chi connectivity index (χ0n) is 19.0. The van der Waals surface area contributed by atoms with E-state index in [0.717, 1.165) is 47.5 Å². The molecule has 3 saturated heterocycles. The fourth-order valence-corrected chi connectivity index (χ4v) is 7.51. The van der Waals surface area contributed by atoms with E-state index >= 15 is 0 Å². The average molecular weight is 525 g/mol.